The summed E-state index contributed by atoms with van der Waals surface area (Å²) in [5, 5.41) is 5.26. The molecule has 1 nitrogen and oxygen atoms in total. The molecule has 1 N–H and O–H groups in total. The number of halogens is 2. The van der Waals surface area contributed by atoms with Gasteiger partial charge in [0.25, 0.3) is 0 Å². The van der Waals surface area contributed by atoms with Gasteiger partial charge in [-0.15, -0.1) is 0 Å². The molecule has 0 spiro atoms. The summed E-state index contributed by atoms with van der Waals surface area (Å²) in [7, 11) is 0. The lowest BCUT2D eigenvalue weighted by Gasteiger charge is -2.32. The first-order valence-electron chi connectivity index (χ1n) is 7.82. The van der Waals surface area contributed by atoms with Gasteiger partial charge in [0, 0.05) is 22.1 Å². The highest BCUT2D eigenvalue weighted by atomic mass is 35.5. The van der Waals surface area contributed by atoms with Crippen LogP contribution in [0.5, 0.6) is 0 Å². The van der Waals surface area contributed by atoms with Gasteiger partial charge in [-0.05, 0) is 49.8 Å². The fraction of sp³-hybridized carbons (Fsp3) is 0.647. The van der Waals surface area contributed by atoms with Crippen LogP contribution in [0.3, 0.4) is 0 Å². The van der Waals surface area contributed by atoms with Crippen molar-refractivity contribution in [2.45, 2.75) is 64.5 Å². The lowest BCUT2D eigenvalue weighted by atomic mass is 9.84. The zero-order valence-electron chi connectivity index (χ0n) is 12.5. The molecule has 1 aliphatic rings. The van der Waals surface area contributed by atoms with Gasteiger partial charge in [0.05, 0.1) is 0 Å². The van der Waals surface area contributed by atoms with Gasteiger partial charge in [0.2, 0.25) is 0 Å². The number of nitrogens with one attached hydrogen (secondary N) is 1. The van der Waals surface area contributed by atoms with Gasteiger partial charge in [-0.1, -0.05) is 55.5 Å². The molecule has 1 unspecified atom stereocenters. The van der Waals surface area contributed by atoms with Gasteiger partial charge < -0.3 is 5.32 Å². The van der Waals surface area contributed by atoms with Crippen molar-refractivity contribution in [3.63, 3.8) is 0 Å². The van der Waals surface area contributed by atoms with E-state index in [1.807, 2.05) is 12.1 Å². The quantitative estimate of drug-likeness (QED) is 0.702. The Hall–Kier alpha value is -0.240. The highest BCUT2D eigenvalue weighted by Crippen LogP contribution is 2.31. The third-order valence-corrected chi connectivity index (χ3v) is 5.13. The van der Waals surface area contributed by atoms with Crippen LogP contribution in [0.15, 0.2) is 18.2 Å². The number of hydrogen-bond acceptors (Lipinski definition) is 1. The zero-order valence-corrected chi connectivity index (χ0v) is 14.0. The van der Waals surface area contributed by atoms with Gasteiger partial charge in [0.1, 0.15) is 0 Å². The molecule has 3 heteroatoms. The summed E-state index contributed by atoms with van der Waals surface area (Å²) < 4.78 is 0. The first-order valence-corrected chi connectivity index (χ1v) is 8.58. The normalized spacial score (nSPS) is 19.8. The fourth-order valence-electron chi connectivity index (χ4n) is 3.30. The van der Waals surface area contributed by atoms with E-state index in [1.54, 1.807) is 0 Å². The van der Waals surface area contributed by atoms with Gasteiger partial charge in [-0.3, -0.25) is 0 Å². The SMILES string of the molecule is CCC(N[C@@H](C)C1CCCCC1)c1ccc(Cl)cc1Cl. The number of hydrogen-bond donors (Lipinski definition) is 1. The van der Waals surface area contributed by atoms with Crippen LogP contribution in [0.25, 0.3) is 0 Å². The second-order valence-electron chi connectivity index (χ2n) is 5.98. The topological polar surface area (TPSA) is 12.0 Å². The van der Waals surface area contributed by atoms with Crippen molar-refractivity contribution in [3.05, 3.63) is 33.8 Å². The minimum Gasteiger partial charge on any atom is -0.307 e. The van der Waals surface area contributed by atoms with Gasteiger partial charge in [0.15, 0.2) is 0 Å². The molecule has 0 saturated heterocycles. The van der Waals surface area contributed by atoms with Crippen LogP contribution in [0, 0.1) is 5.92 Å². The number of benzene rings is 1. The molecule has 0 aliphatic heterocycles. The summed E-state index contributed by atoms with van der Waals surface area (Å²) in [6.45, 7) is 4.53. The second kappa shape index (κ2) is 7.68. The maximum Gasteiger partial charge on any atom is 0.0468 e. The van der Waals surface area contributed by atoms with Crippen LogP contribution in [-0.4, -0.2) is 6.04 Å². The van der Waals surface area contributed by atoms with Gasteiger partial charge >= 0.3 is 0 Å². The molecule has 2 atom stereocenters. The van der Waals surface area contributed by atoms with Crippen LogP contribution < -0.4 is 5.32 Å². The predicted octanol–water partition coefficient (Wildman–Crippen LogP) is 6.00. The average Bonchev–Trinajstić information content (AvgIpc) is 2.46. The monoisotopic (exact) mass is 313 g/mol. The Morgan fingerprint density at radius 1 is 1.20 bits per heavy atom. The van der Waals surface area contributed by atoms with Crippen molar-refractivity contribution >= 4 is 23.2 Å². The summed E-state index contributed by atoms with van der Waals surface area (Å²) in [6, 6.07) is 6.69. The Morgan fingerprint density at radius 3 is 2.50 bits per heavy atom. The Kier molecular flexibility index (Phi) is 6.20. The highest BCUT2D eigenvalue weighted by Gasteiger charge is 2.23. The third kappa shape index (κ3) is 4.13. The molecule has 0 radical (unpaired) electrons. The zero-order chi connectivity index (χ0) is 14.5. The predicted molar refractivity (Wildman–Crippen MR) is 88.7 cm³/mol. The molecule has 0 aromatic heterocycles. The molecule has 1 saturated carbocycles. The smallest absolute Gasteiger partial charge is 0.0468 e. The van der Waals surface area contributed by atoms with E-state index in [0.29, 0.717) is 17.1 Å². The summed E-state index contributed by atoms with van der Waals surface area (Å²) in [6.07, 6.45) is 7.93. The Bertz CT molecular complexity index is 427. The van der Waals surface area contributed by atoms with Crippen LogP contribution in [0.4, 0.5) is 0 Å². The molecule has 20 heavy (non-hydrogen) atoms. The molecular weight excluding hydrogens is 289 g/mol. The van der Waals surface area contributed by atoms with E-state index in [9.17, 15) is 0 Å². The third-order valence-electron chi connectivity index (χ3n) is 4.57. The molecule has 0 bridgehead atoms. The summed E-state index contributed by atoms with van der Waals surface area (Å²) >= 11 is 12.3. The van der Waals surface area contributed by atoms with Crippen molar-refractivity contribution in [1.29, 1.82) is 0 Å². The number of rotatable bonds is 5. The van der Waals surface area contributed by atoms with Crippen molar-refractivity contribution in [3.8, 4) is 0 Å². The molecule has 112 valence electrons. The van der Waals surface area contributed by atoms with Gasteiger partial charge in [-0.25, -0.2) is 0 Å². The van der Waals surface area contributed by atoms with Gasteiger partial charge in [-0.2, -0.15) is 0 Å². The first kappa shape index (κ1) is 16.1. The molecule has 0 heterocycles. The van der Waals surface area contributed by atoms with E-state index in [0.717, 1.165) is 17.4 Å². The van der Waals surface area contributed by atoms with Crippen LogP contribution in [-0.2, 0) is 0 Å². The molecular formula is C17H25Cl2N. The highest BCUT2D eigenvalue weighted by molar-refractivity contribution is 6.35. The molecule has 1 fully saturated rings. The van der Waals surface area contributed by atoms with E-state index in [4.69, 9.17) is 23.2 Å². The Morgan fingerprint density at radius 2 is 1.90 bits per heavy atom. The lowest BCUT2D eigenvalue weighted by Crippen LogP contribution is -2.37. The maximum absolute atomic E-state index is 6.35. The summed E-state index contributed by atoms with van der Waals surface area (Å²) in [5.74, 6) is 0.809. The average molecular weight is 314 g/mol. The van der Waals surface area contributed by atoms with E-state index in [1.165, 1.54) is 37.7 Å². The Balaban J connectivity index is 2.04. The minimum absolute atomic E-state index is 0.316. The van der Waals surface area contributed by atoms with Crippen LogP contribution in [0.2, 0.25) is 10.0 Å². The van der Waals surface area contributed by atoms with Crippen LogP contribution in [0.1, 0.15) is 64.0 Å². The largest absolute Gasteiger partial charge is 0.307 e. The first-order chi connectivity index (χ1) is 9.61. The Labute approximate surface area is 133 Å². The second-order valence-corrected chi connectivity index (χ2v) is 6.82. The molecule has 2 rings (SSSR count). The van der Waals surface area contributed by atoms with E-state index in [2.05, 4.69) is 25.2 Å². The molecule has 1 aromatic carbocycles. The molecule has 1 aliphatic carbocycles. The summed E-state index contributed by atoms with van der Waals surface area (Å²) in [4.78, 5) is 0. The lowest BCUT2D eigenvalue weighted by molar-refractivity contribution is 0.262. The van der Waals surface area contributed by atoms with E-state index in [-0.39, 0.29) is 0 Å². The van der Waals surface area contributed by atoms with E-state index < -0.39 is 0 Å². The standard InChI is InChI=1S/C17H25Cl2N/c1-3-17(15-10-9-14(18)11-16(15)19)20-12(2)13-7-5-4-6-8-13/h9-13,17,20H,3-8H2,1-2H3/t12-,17?/m0/s1. The molecule has 0 amide bonds. The summed E-state index contributed by atoms with van der Waals surface area (Å²) in [5.41, 5.74) is 1.17. The van der Waals surface area contributed by atoms with Crippen molar-refractivity contribution in [2.24, 2.45) is 5.92 Å². The van der Waals surface area contributed by atoms with Crippen molar-refractivity contribution in [2.75, 3.05) is 0 Å². The van der Waals surface area contributed by atoms with Crippen LogP contribution >= 0.6 is 23.2 Å². The molecule has 1 aromatic rings. The maximum atomic E-state index is 6.35. The van der Waals surface area contributed by atoms with E-state index >= 15 is 0 Å². The fourth-order valence-corrected chi connectivity index (χ4v) is 3.84. The van der Waals surface area contributed by atoms with Crippen molar-refractivity contribution < 1.29 is 0 Å². The van der Waals surface area contributed by atoms with Crippen molar-refractivity contribution in [1.82, 2.24) is 5.32 Å². The minimum atomic E-state index is 0.316.